The van der Waals surface area contributed by atoms with Gasteiger partial charge in [-0.25, -0.2) is 4.98 Å². The first-order valence-corrected chi connectivity index (χ1v) is 12.0. The van der Waals surface area contributed by atoms with Crippen molar-refractivity contribution < 1.29 is 4.79 Å². The first kappa shape index (κ1) is 34.5. The van der Waals surface area contributed by atoms with E-state index in [1.165, 1.54) is 0 Å². The number of carbonyl (C=O) groups excluding carboxylic acids is 1. The molecule has 1 aromatic rings. The molecular weight excluding hydrogens is 408 g/mol. The highest BCUT2D eigenvalue weighted by molar-refractivity contribution is 6.00. The minimum Gasteiger partial charge on any atom is -0.350 e. The minimum absolute atomic E-state index is 0.107. The molecule has 0 aliphatic carbocycles. The minimum atomic E-state index is -0.247. The van der Waals surface area contributed by atoms with Crippen LogP contribution >= 0.6 is 0 Å². The number of amides is 1. The van der Waals surface area contributed by atoms with Gasteiger partial charge in [0.2, 0.25) is 0 Å². The molecule has 1 aliphatic heterocycles. The molecule has 1 aromatic heterocycles. The number of imidazole rings is 1. The number of nitrogens with zero attached hydrogens (tertiary/aromatic N) is 1. The van der Waals surface area contributed by atoms with Gasteiger partial charge in [-0.3, -0.25) is 4.79 Å². The number of rotatable bonds is 4. The van der Waals surface area contributed by atoms with Crippen LogP contribution in [0.25, 0.3) is 6.08 Å². The Bertz CT molecular complexity index is 815. The fraction of sp³-hybridized carbons (Fsp3) is 0.429. The van der Waals surface area contributed by atoms with Crippen LogP contribution in [0.3, 0.4) is 0 Å². The van der Waals surface area contributed by atoms with Crippen molar-refractivity contribution in [3.05, 3.63) is 84.4 Å². The van der Waals surface area contributed by atoms with E-state index in [4.69, 9.17) is 0 Å². The van der Waals surface area contributed by atoms with Crippen molar-refractivity contribution in [1.82, 2.24) is 20.6 Å². The van der Waals surface area contributed by atoms with Gasteiger partial charge in [-0.2, -0.15) is 0 Å². The van der Waals surface area contributed by atoms with E-state index in [-0.39, 0.29) is 11.3 Å². The van der Waals surface area contributed by atoms with Crippen LogP contribution in [0.15, 0.2) is 73.0 Å². The summed E-state index contributed by atoms with van der Waals surface area (Å²) in [5.41, 5.74) is 3.98. The highest BCUT2D eigenvalue weighted by Gasteiger charge is 2.24. The van der Waals surface area contributed by atoms with Crippen molar-refractivity contribution in [3.63, 3.8) is 0 Å². The van der Waals surface area contributed by atoms with Crippen LogP contribution in [0.1, 0.15) is 87.5 Å². The quantitative estimate of drug-likeness (QED) is 0.323. The molecule has 0 unspecified atom stereocenters. The van der Waals surface area contributed by atoms with Crippen molar-refractivity contribution in [3.8, 4) is 0 Å². The summed E-state index contributed by atoms with van der Waals surface area (Å²) < 4.78 is 0. The molecule has 1 saturated heterocycles. The molecule has 0 spiro atoms. The lowest BCUT2D eigenvalue weighted by atomic mass is 9.90. The van der Waals surface area contributed by atoms with Crippen molar-refractivity contribution in [2.45, 2.75) is 81.6 Å². The van der Waals surface area contributed by atoms with Crippen LogP contribution in [0, 0.1) is 0 Å². The predicted octanol–water partition coefficient (Wildman–Crippen LogP) is 7.57. The average Bonchev–Trinajstić information content (AvgIpc) is 3.31. The third-order valence-electron chi connectivity index (χ3n) is 3.66. The smallest absolute Gasteiger partial charge is 0.272 e. The van der Waals surface area contributed by atoms with Crippen molar-refractivity contribution in [2.24, 2.45) is 0 Å². The number of hydrogen-bond acceptors (Lipinski definition) is 3. The second kappa shape index (κ2) is 19.6. The highest BCUT2D eigenvalue weighted by Crippen LogP contribution is 2.25. The largest absolute Gasteiger partial charge is 0.350 e. The van der Waals surface area contributed by atoms with E-state index in [1.807, 2.05) is 55.4 Å². The number of aromatic amines is 1. The van der Waals surface area contributed by atoms with Gasteiger partial charge in [0.05, 0.1) is 23.4 Å². The fourth-order valence-corrected chi connectivity index (χ4v) is 2.41. The maximum Gasteiger partial charge on any atom is 0.272 e. The molecule has 3 N–H and O–H groups in total. The summed E-state index contributed by atoms with van der Waals surface area (Å²) in [4.78, 5) is 19.9. The Morgan fingerprint density at radius 3 is 1.94 bits per heavy atom. The van der Waals surface area contributed by atoms with E-state index >= 15 is 0 Å². The average molecular weight is 457 g/mol. The van der Waals surface area contributed by atoms with Crippen LogP contribution in [0.4, 0.5) is 0 Å². The van der Waals surface area contributed by atoms with Gasteiger partial charge >= 0.3 is 0 Å². The first-order valence-electron chi connectivity index (χ1n) is 12.0. The Hall–Kier alpha value is -3.08. The van der Waals surface area contributed by atoms with Gasteiger partial charge in [0.25, 0.3) is 5.91 Å². The fourth-order valence-electron chi connectivity index (χ4n) is 2.41. The van der Waals surface area contributed by atoms with E-state index < -0.39 is 0 Å². The third-order valence-corrected chi connectivity index (χ3v) is 3.66. The molecule has 1 amide bonds. The van der Waals surface area contributed by atoms with Crippen LogP contribution in [0.5, 0.6) is 0 Å². The number of aromatic nitrogens is 2. The van der Waals surface area contributed by atoms with Gasteiger partial charge in [0, 0.05) is 11.1 Å². The number of piperazine rings is 1. The maximum absolute atomic E-state index is 12.4. The molecule has 33 heavy (non-hydrogen) atoms. The summed E-state index contributed by atoms with van der Waals surface area (Å²) >= 11 is 0. The van der Waals surface area contributed by atoms with Gasteiger partial charge in [0.15, 0.2) is 0 Å². The Morgan fingerprint density at radius 2 is 1.48 bits per heavy atom. The normalized spacial score (nSPS) is 15.1. The summed E-state index contributed by atoms with van der Waals surface area (Å²) in [5.74, 6) is -0.247. The molecule has 186 valence electrons. The molecule has 5 heteroatoms. The molecule has 0 bridgehead atoms. The Kier molecular flexibility index (Phi) is 20.5. The van der Waals surface area contributed by atoms with E-state index in [0.29, 0.717) is 17.1 Å². The molecule has 0 atom stereocenters. The van der Waals surface area contributed by atoms with Crippen molar-refractivity contribution in [1.29, 1.82) is 0 Å². The van der Waals surface area contributed by atoms with Crippen LogP contribution in [-0.2, 0) is 10.2 Å². The van der Waals surface area contributed by atoms with E-state index in [1.54, 1.807) is 36.7 Å². The van der Waals surface area contributed by atoms with Gasteiger partial charge in [-0.05, 0) is 17.7 Å². The lowest BCUT2D eigenvalue weighted by molar-refractivity contribution is -0.117. The summed E-state index contributed by atoms with van der Waals surface area (Å²) in [7, 11) is 0. The molecule has 2 heterocycles. The lowest BCUT2D eigenvalue weighted by Gasteiger charge is -2.23. The van der Waals surface area contributed by atoms with Crippen LogP contribution < -0.4 is 10.6 Å². The second-order valence-corrected chi connectivity index (χ2v) is 6.69. The first-order chi connectivity index (χ1) is 15.8. The number of H-pyrrole nitrogens is 1. The maximum atomic E-state index is 12.4. The Balaban J connectivity index is -0.00000101. The standard InChI is InChI=1S/C20H24N4O.4C2H6/c1-7-9-14(8-2)10-15-13(3)23-17(19(25)24-15)11-16-18(20(4,5)6)22-12-21-16;4*1-2/h7-12,23H,1-3H2,4-6H3,(H,21,22)(H,24,25);4*1-2H3/b14-9+,15-10-,17-11-;;;;. The third kappa shape index (κ3) is 11.9. The summed E-state index contributed by atoms with van der Waals surface area (Å²) in [6.45, 7) is 33.6. The number of nitrogens with one attached hydrogen (secondary N) is 3. The number of allylic oxidation sites excluding steroid dienone is 5. The number of hydrogen-bond donors (Lipinski definition) is 3. The van der Waals surface area contributed by atoms with E-state index in [2.05, 4.69) is 61.1 Å². The zero-order valence-electron chi connectivity index (χ0n) is 22.9. The van der Waals surface area contributed by atoms with Gasteiger partial charge in [0.1, 0.15) is 5.70 Å². The lowest BCUT2D eigenvalue weighted by Crippen LogP contribution is -2.39. The predicted molar refractivity (Wildman–Crippen MR) is 148 cm³/mol. The molecule has 0 radical (unpaired) electrons. The molecule has 5 nitrogen and oxygen atoms in total. The molecule has 0 saturated carbocycles. The highest BCUT2D eigenvalue weighted by atomic mass is 16.2. The Labute approximate surface area is 203 Å². The van der Waals surface area contributed by atoms with Gasteiger partial charge in [-0.1, -0.05) is 114 Å². The Morgan fingerprint density at radius 1 is 0.939 bits per heavy atom. The van der Waals surface area contributed by atoms with E-state index in [0.717, 1.165) is 17.0 Å². The second-order valence-electron chi connectivity index (χ2n) is 6.69. The summed E-state index contributed by atoms with van der Waals surface area (Å²) in [6.07, 6.45) is 10.3. The molecule has 1 aliphatic rings. The number of carbonyl (C=O) groups is 1. The van der Waals surface area contributed by atoms with Crippen molar-refractivity contribution >= 4 is 12.0 Å². The topological polar surface area (TPSA) is 69.8 Å². The summed E-state index contributed by atoms with van der Waals surface area (Å²) in [6, 6.07) is 0. The van der Waals surface area contributed by atoms with Crippen LogP contribution in [-0.4, -0.2) is 15.9 Å². The molecule has 1 fully saturated rings. The van der Waals surface area contributed by atoms with Gasteiger partial charge in [-0.15, -0.1) is 0 Å². The van der Waals surface area contributed by atoms with E-state index in [9.17, 15) is 4.79 Å². The van der Waals surface area contributed by atoms with Gasteiger partial charge < -0.3 is 15.6 Å². The summed E-state index contributed by atoms with van der Waals surface area (Å²) in [5, 5.41) is 5.89. The zero-order valence-corrected chi connectivity index (χ0v) is 22.9. The van der Waals surface area contributed by atoms with Crippen molar-refractivity contribution in [2.75, 3.05) is 0 Å². The molecular formula is C28H48N4O. The zero-order chi connectivity index (χ0) is 26.6. The molecule has 0 aromatic carbocycles. The SMILES string of the molecule is C=C/C=C(C=C)/C=C1\NC(=O)/C(=C/c2nc[nH]c2C(C)(C)C)NC1=C.CC.CC.CC.CC. The molecule has 2 rings (SSSR count). The van der Waals surface area contributed by atoms with Crippen LogP contribution in [0.2, 0.25) is 0 Å². The monoisotopic (exact) mass is 456 g/mol.